The zero-order chi connectivity index (χ0) is 13.5. The average Bonchev–Trinajstić information content (AvgIpc) is 2.32. The van der Waals surface area contributed by atoms with Crippen molar-refractivity contribution in [3.05, 3.63) is 0 Å². The van der Waals surface area contributed by atoms with Crippen LogP contribution in [0.15, 0.2) is 0 Å². The minimum absolute atomic E-state index is 0.0369. The van der Waals surface area contributed by atoms with E-state index in [2.05, 4.69) is 11.8 Å². The van der Waals surface area contributed by atoms with E-state index in [9.17, 15) is 4.79 Å². The van der Waals surface area contributed by atoms with Gasteiger partial charge >= 0.3 is 0 Å². The van der Waals surface area contributed by atoms with Crippen molar-refractivity contribution in [1.29, 1.82) is 0 Å². The maximum Gasteiger partial charge on any atom is 0.221 e. The summed E-state index contributed by atoms with van der Waals surface area (Å²) in [5.74, 6) is -0.235. The number of ether oxygens (including phenoxy) is 2. The number of carbonyl (C=O) groups is 1. The van der Waals surface area contributed by atoms with Gasteiger partial charge in [-0.15, -0.1) is 0 Å². The third-order valence-corrected chi connectivity index (χ3v) is 3.50. The molecule has 18 heavy (non-hydrogen) atoms. The second-order valence-corrected chi connectivity index (χ2v) is 4.82. The van der Waals surface area contributed by atoms with Crippen LogP contribution >= 0.6 is 0 Å². The first-order valence-corrected chi connectivity index (χ1v) is 6.85. The summed E-state index contributed by atoms with van der Waals surface area (Å²) in [6, 6.07) is 0.448. The maximum atomic E-state index is 11.3. The summed E-state index contributed by atoms with van der Waals surface area (Å²) in [5, 5.41) is 0. The number of amides is 1. The highest BCUT2D eigenvalue weighted by Gasteiger charge is 2.30. The molecule has 5 heteroatoms. The van der Waals surface area contributed by atoms with E-state index in [-0.39, 0.29) is 18.1 Å². The summed E-state index contributed by atoms with van der Waals surface area (Å²) in [6.07, 6.45) is 1.67. The topological polar surface area (TPSA) is 64.8 Å². The van der Waals surface area contributed by atoms with Crippen LogP contribution in [0.1, 0.15) is 33.6 Å². The number of hydrogen-bond acceptors (Lipinski definition) is 4. The molecule has 1 amide bonds. The molecular formula is C13H26N2O3. The number of primary amides is 1. The van der Waals surface area contributed by atoms with Crippen molar-refractivity contribution >= 4 is 5.91 Å². The smallest absolute Gasteiger partial charge is 0.221 e. The molecule has 1 rings (SSSR count). The number of carbonyl (C=O) groups excluding carboxylic acids is 1. The standard InChI is InChI=1S/C13H26N2O3/c1-4-17-12(18-5-2)9-15-8-11(13(14)16)7-6-10(15)3/h10-12H,4-9H2,1-3H3,(H2,14,16). The third-order valence-electron chi connectivity index (χ3n) is 3.50. The van der Waals surface area contributed by atoms with E-state index in [1.807, 2.05) is 13.8 Å². The molecule has 1 heterocycles. The van der Waals surface area contributed by atoms with Gasteiger partial charge in [0, 0.05) is 32.3 Å². The summed E-state index contributed by atoms with van der Waals surface area (Å²) in [6.45, 7) is 8.76. The predicted molar refractivity (Wildman–Crippen MR) is 70.0 cm³/mol. The Morgan fingerprint density at radius 3 is 2.44 bits per heavy atom. The normalized spacial score (nSPS) is 25.6. The van der Waals surface area contributed by atoms with Crippen LogP contribution in [-0.2, 0) is 14.3 Å². The second kappa shape index (κ2) is 7.71. The lowest BCUT2D eigenvalue weighted by atomic mass is 9.93. The van der Waals surface area contributed by atoms with Crippen LogP contribution in [0.25, 0.3) is 0 Å². The van der Waals surface area contributed by atoms with Crippen molar-refractivity contribution < 1.29 is 14.3 Å². The van der Waals surface area contributed by atoms with Crippen LogP contribution in [0.3, 0.4) is 0 Å². The Bertz CT molecular complexity index is 255. The van der Waals surface area contributed by atoms with Crippen molar-refractivity contribution in [2.45, 2.75) is 45.9 Å². The molecule has 1 aliphatic heterocycles. The summed E-state index contributed by atoms with van der Waals surface area (Å²) in [4.78, 5) is 13.5. The number of hydrogen-bond donors (Lipinski definition) is 1. The molecule has 1 fully saturated rings. The molecule has 0 bridgehead atoms. The number of likely N-dealkylation sites (tertiary alicyclic amines) is 1. The largest absolute Gasteiger partial charge is 0.369 e. The van der Waals surface area contributed by atoms with Gasteiger partial charge in [0.15, 0.2) is 6.29 Å². The molecule has 0 aromatic heterocycles. The molecule has 2 N–H and O–H groups in total. The van der Waals surface area contributed by atoms with Crippen molar-refractivity contribution in [3.8, 4) is 0 Å². The highest BCUT2D eigenvalue weighted by molar-refractivity contribution is 5.76. The Morgan fingerprint density at radius 1 is 1.33 bits per heavy atom. The minimum Gasteiger partial charge on any atom is -0.369 e. The lowest BCUT2D eigenvalue weighted by Crippen LogP contribution is -2.49. The van der Waals surface area contributed by atoms with Gasteiger partial charge in [-0.25, -0.2) is 0 Å². The van der Waals surface area contributed by atoms with Crippen molar-refractivity contribution in [1.82, 2.24) is 4.90 Å². The van der Waals surface area contributed by atoms with E-state index in [0.29, 0.717) is 32.3 Å². The van der Waals surface area contributed by atoms with Gasteiger partial charge < -0.3 is 15.2 Å². The van der Waals surface area contributed by atoms with Gasteiger partial charge in [0.2, 0.25) is 5.91 Å². The van der Waals surface area contributed by atoms with Gasteiger partial charge in [-0.3, -0.25) is 9.69 Å². The van der Waals surface area contributed by atoms with E-state index in [1.54, 1.807) is 0 Å². The Morgan fingerprint density at radius 2 is 1.94 bits per heavy atom. The molecule has 2 atom stereocenters. The van der Waals surface area contributed by atoms with Crippen molar-refractivity contribution in [2.24, 2.45) is 11.7 Å². The summed E-state index contributed by atoms with van der Waals surface area (Å²) in [5.41, 5.74) is 5.39. The SMILES string of the molecule is CCOC(CN1CC(C(N)=O)CCC1C)OCC. The zero-order valence-corrected chi connectivity index (χ0v) is 11.7. The Hall–Kier alpha value is -0.650. The Balaban J connectivity index is 2.52. The molecule has 0 spiro atoms. The van der Waals surface area contributed by atoms with E-state index >= 15 is 0 Å². The molecule has 0 aromatic carbocycles. The van der Waals surface area contributed by atoms with Gasteiger partial charge in [0.25, 0.3) is 0 Å². The highest BCUT2D eigenvalue weighted by Crippen LogP contribution is 2.22. The summed E-state index contributed by atoms with van der Waals surface area (Å²) >= 11 is 0. The Labute approximate surface area is 110 Å². The van der Waals surface area contributed by atoms with E-state index in [4.69, 9.17) is 15.2 Å². The first-order valence-electron chi connectivity index (χ1n) is 6.85. The van der Waals surface area contributed by atoms with Crippen LogP contribution in [0.2, 0.25) is 0 Å². The summed E-state index contributed by atoms with van der Waals surface area (Å²) in [7, 11) is 0. The molecule has 106 valence electrons. The zero-order valence-electron chi connectivity index (χ0n) is 11.7. The lowest BCUT2D eigenvalue weighted by Gasteiger charge is -2.38. The molecular weight excluding hydrogens is 232 g/mol. The fourth-order valence-corrected chi connectivity index (χ4v) is 2.38. The van der Waals surface area contributed by atoms with E-state index < -0.39 is 0 Å². The van der Waals surface area contributed by atoms with Crippen molar-refractivity contribution in [3.63, 3.8) is 0 Å². The monoisotopic (exact) mass is 258 g/mol. The van der Waals surface area contributed by atoms with Crippen LogP contribution in [0.4, 0.5) is 0 Å². The van der Waals surface area contributed by atoms with Gasteiger partial charge in [-0.05, 0) is 33.6 Å². The van der Waals surface area contributed by atoms with Gasteiger partial charge in [0.05, 0.1) is 5.92 Å². The highest BCUT2D eigenvalue weighted by atomic mass is 16.7. The second-order valence-electron chi connectivity index (χ2n) is 4.82. The lowest BCUT2D eigenvalue weighted by molar-refractivity contribution is -0.155. The molecule has 0 saturated carbocycles. The number of nitrogens with zero attached hydrogens (tertiary/aromatic N) is 1. The van der Waals surface area contributed by atoms with Gasteiger partial charge in [-0.2, -0.15) is 0 Å². The molecule has 5 nitrogen and oxygen atoms in total. The van der Waals surface area contributed by atoms with E-state index in [0.717, 1.165) is 12.8 Å². The van der Waals surface area contributed by atoms with Crippen molar-refractivity contribution in [2.75, 3.05) is 26.3 Å². The van der Waals surface area contributed by atoms with Crippen LogP contribution in [-0.4, -0.2) is 49.4 Å². The summed E-state index contributed by atoms with van der Waals surface area (Å²) < 4.78 is 11.1. The quantitative estimate of drug-likeness (QED) is 0.691. The fraction of sp³-hybridized carbons (Fsp3) is 0.923. The van der Waals surface area contributed by atoms with Gasteiger partial charge in [0.1, 0.15) is 0 Å². The fourth-order valence-electron chi connectivity index (χ4n) is 2.38. The number of rotatable bonds is 7. The molecule has 2 unspecified atom stereocenters. The molecule has 1 aliphatic rings. The van der Waals surface area contributed by atoms with Gasteiger partial charge in [-0.1, -0.05) is 0 Å². The molecule has 0 aromatic rings. The van der Waals surface area contributed by atoms with E-state index in [1.165, 1.54) is 0 Å². The minimum atomic E-state index is -0.214. The molecule has 0 radical (unpaired) electrons. The predicted octanol–water partition coefficient (Wildman–Crippen LogP) is 0.971. The third kappa shape index (κ3) is 4.55. The average molecular weight is 258 g/mol. The molecule has 0 aliphatic carbocycles. The van der Waals surface area contributed by atoms with Crippen LogP contribution in [0, 0.1) is 5.92 Å². The molecule has 1 saturated heterocycles. The van der Waals surface area contributed by atoms with Crippen LogP contribution < -0.4 is 5.73 Å². The first kappa shape index (κ1) is 15.4. The Kier molecular flexibility index (Phi) is 6.60. The maximum absolute atomic E-state index is 11.3. The number of piperidine rings is 1. The van der Waals surface area contributed by atoms with Crippen LogP contribution in [0.5, 0.6) is 0 Å². The first-order chi connectivity index (χ1) is 8.58. The number of nitrogens with two attached hydrogens (primary N) is 1.